The summed E-state index contributed by atoms with van der Waals surface area (Å²) in [6, 6.07) is 3.48. The van der Waals surface area contributed by atoms with E-state index >= 15 is 0 Å². The number of hydrogen-bond acceptors (Lipinski definition) is 3. The molecule has 2 N–H and O–H groups in total. The van der Waals surface area contributed by atoms with E-state index in [1.807, 2.05) is 0 Å². The second kappa shape index (κ2) is 2.42. The summed E-state index contributed by atoms with van der Waals surface area (Å²) < 4.78 is 13.9. The van der Waals surface area contributed by atoms with Crippen LogP contribution in [-0.4, -0.2) is 4.98 Å². The van der Waals surface area contributed by atoms with Gasteiger partial charge in [0.25, 0.3) is 0 Å². The van der Waals surface area contributed by atoms with Crippen molar-refractivity contribution in [1.82, 2.24) is 4.98 Å². The number of benzene rings is 1. The van der Waals surface area contributed by atoms with Crippen molar-refractivity contribution in [2.75, 3.05) is 5.73 Å². The number of fused-ring (bicyclic) bond motifs is 1. The highest BCUT2D eigenvalue weighted by molar-refractivity contribution is 7.22. The van der Waals surface area contributed by atoms with Crippen LogP contribution in [0.25, 0.3) is 10.2 Å². The van der Waals surface area contributed by atoms with Crippen molar-refractivity contribution in [3.63, 3.8) is 0 Å². The Morgan fingerprint density at radius 3 is 3.00 bits per heavy atom. The second-order valence-corrected chi connectivity index (χ2v) is 3.63. The molecule has 62 valence electrons. The molecule has 0 aliphatic carbocycles. The summed E-state index contributed by atoms with van der Waals surface area (Å²) in [6.07, 6.45) is 0. The SMILES string of the molecule is Cc1ccc2nc(N)sc2c1F. The minimum atomic E-state index is -0.207. The monoisotopic (exact) mass is 182 g/mol. The Kier molecular flexibility index (Phi) is 1.51. The summed E-state index contributed by atoms with van der Waals surface area (Å²) in [7, 11) is 0. The Hall–Kier alpha value is -1.16. The summed E-state index contributed by atoms with van der Waals surface area (Å²) in [5, 5.41) is 0.412. The zero-order chi connectivity index (χ0) is 8.72. The Balaban J connectivity index is 2.89. The maximum absolute atomic E-state index is 13.3. The number of aryl methyl sites for hydroxylation is 1. The fraction of sp³-hybridized carbons (Fsp3) is 0.125. The first-order valence-corrected chi connectivity index (χ1v) is 4.31. The maximum atomic E-state index is 13.3. The van der Waals surface area contributed by atoms with E-state index in [2.05, 4.69) is 4.98 Å². The normalized spacial score (nSPS) is 10.8. The van der Waals surface area contributed by atoms with Crippen molar-refractivity contribution in [1.29, 1.82) is 0 Å². The Morgan fingerprint density at radius 2 is 2.25 bits per heavy atom. The van der Waals surface area contributed by atoms with Gasteiger partial charge in [-0.2, -0.15) is 0 Å². The van der Waals surface area contributed by atoms with Gasteiger partial charge in [-0.3, -0.25) is 0 Å². The van der Waals surface area contributed by atoms with E-state index < -0.39 is 0 Å². The predicted molar refractivity (Wildman–Crippen MR) is 48.7 cm³/mol. The van der Waals surface area contributed by atoms with E-state index in [4.69, 9.17) is 5.73 Å². The molecule has 2 nitrogen and oxygen atoms in total. The predicted octanol–water partition coefficient (Wildman–Crippen LogP) is 2.33. The number of halogens is 1. The first-order chi connectivity index (χ1) is 5.68. The van der Waals surface area contributed by atoms with E-state index in [0.717, 1.165) is 0 Å². The largest absolute Gasteiger partial charge is 0.375 e. The number of aromatic nitrogens is 1. The first kappa shape index (κ1) is 7.49. The van der Waals surface area contributed by atoms with E-state index in [0.29, 0.717) is 20.9 Å². The van der Waals surface area contributed by atoms with Crippen LogP contribution in [-0.2, 0) is 0 Å². The molecule has 0 saturated carbocycles. The summed E-state index contributed by atoms with van der Waals surface area (Å²) >= 11 is 1.18. The quantitative estimate of drug-likeness (QED) is 0.679. The molecule has 0 bridgehead atoms. The molecule has 1 aromatic heterocycles. The number of rotatable bonds is 0. The van der Waals surface area contributed by atoms with Gasteiger partial charge < -0.3 is 5.73 Å². The zero-order valence-electron chi connectivity index (χ0n) is 6.47. The molecule has 0 saturated heterocycles. The van der Waals surface area contributed by atoms with Gasteiger partial charge in [0, 0.05) is 0 Å². The lowest BCUT2D eigenvalue weighted by Gasteiger charge is -1.93. The lowest BCUT2D eigenvalue weighted by molar-refractivity contribution is 0.632. The molecule has 0 unspecified atom stereocenters. The molecular weight excluding hydrogens is 175 g/mol. The number of nitrogens with zero attached hydrogens (tertiary/aromatic N) is 1. The Bertz CT molecular complexity index is 436. The van der Waals surface area contributed by atoms with Gasteiger partial charge >= 0.3 is 0 Å². The third-order valence-corrected chi connectivity index (χ3v) is 2.60. The number of thiazole rings is 1. The lowest BCUT2D eigenvalue weighted by Crippen LogP contribution is -1.81. The van der Waals surface area contributed by atoms with Crippen LogP contribution in [0.3, 0.4) is 0 Å². The minimum Gasteiger partial charge on any atom is -0.375 e. The van der Waals surface area contributed by atoms with Crippen LogP contribution < -0.4 is 5.73 Å². The first-order valence-electron chi connectivity index (χ1n) is 3.49. The molecule has 2 rings (SSSR count). The van der Waals surface area contributed by atoms with Gasteiger partial charge in [-0.25, -0.2) is 9.37 Å². The molecule has 0 radical (unpaired) electrons. The van der Waals surface area contributed by atoms with Crippen molar-refractivity contribution in [3.05, 3.63) is 23.5 Å². The number of hydrogen-bond donors (Lipinski definition) is 1. The summed E-state index contributed by atoms with van der Waals surface area (Å²) in [5.74, 6) is -0.207. The van der Waals surface area contributed by atoms with Crippen molar-refractivity contribution < 1.29 is 4.39 Å². The molecule has 0 aliphatic heterocycles. The molecular formula is C8H7FN2S. The average molecular weight is 182 g/mol. The van der Waals surface area contributed by atoms with Gasteiger partial charge in [-0.15, -0.1) is 0 Å². The van der Waals surface area contributed by atoms with Gasteiger partial charge in [0.05, 0.1) is 10.2 Å². The highest BCUT2D eigenvalue weighted by Crippen LogP contribution is 2.27. The fourth-order valence-corrected chi connectivity index (χ4v) is 1.90. The number of anilines is 1. The van der Waals surface area contributed by atoms with E-state index in [1.54, 1.807) is 19.1 Å². The smallest absolute Gasteiger partial charge is 0.181 e. The van der Waals surface area contributed by atoms with Gasteiger partial charge in [-0.1, -0.05) is 17.4 Å². The van der Waals surface area contributed by atoms with E-state index in [1.165, 1.54) is 11.3 Å². The molecule has 0 atom stereocenters. The standard InChI is InChI=1S/C8H7FN2S/c1-4-2-3-5-7(6(4)9)12-8(10)11-5/h2-3H,1H3,(H2,10,11). The zero-order valence-corrected chi connectivity index (χ0v) is 7.28. The van der Waals surface area contributed by atoms with Crippen molar-refractivity contribution in [2.45, 2.75) is 6.92 Å². The van der Waals surface area contributed by atoms with Crippen LogP contribution in [0, 0.1) is 12.7 Å². The van der Waals surface area contributed by atoms with Crippen molar-refractivity contribution in [2.24, 2.45) is 0 Å². The van der Waals surface area contributed by atoms with Gasteiger partial charge in [0.15, 0.2) is 5.13 Å². The molecule has 0 spiro atoms. The average Bonchev–Trinajstić information content (AvgIpc) is 2.39. The van der Waals surface area contributed by atoms with E-state index in [9.17, 15) is 4.39 Å². The summed E-state index contributed by atoms with van der Waals surface area (Å²) in [4.78, 5) is 3.97. The van der Waals surface area contributed by atoms with Crippen LogP contribution in [0.5, 0.6) is 0 Å². The lowest BCUT2D eigenvalue weighted by atomic mass is 10.2. The highest BCUT2D eigenvalue weighted by atomic mass is 32.1. The van der Waals surface area contributed by atoms with Crippen molar-refractivity contribution in [3.8, 4) is 0 Å². The molecule has 0 aliphatic rings. The summed E-state index contributed by atoms with van der Waals surface area (Å²) in [6.45, 7) is 1.73. The van der Waals surface area contributed by atoms with Crippen LogP contribution in [0.1, 0.15) is 5.56 Å². The van der Waals surface area contributed by atoms with Crippen LogP contribution in [0.4, 0.5) is 9.52 Å². The molecule has 1 heterocycles. The minimum absolute atomic E-state index is 0.207. The number of nitrogen functional groups attached to an aromatic ring is 1. The maximum Gasteiger partial charge on any atom is 0.181 e. The Labute approximate surface area is 72.8 Å². The van der Waals surface area contributed by atoms with E-state index in [-0.39, 0.29) is 5.82 Å². The third kappa shape index (κ3) is 0.956. The highest BCUT2D eigenvalue weighted by Gasteiger charge is 2.07. The molecule has 0 amide bonds. The van der Waals surface area contributed by atoms with Crippen LogP contribution >= 0.6 is 11.3 Å². The molecule has 12 heavy (non-hydrogen) atoms. The Morgan fingerprint density at radius 1 is 1.50 bits per heavy atom. The molecule has 2 aromatic rings. The fourth-order valence-electron chi connectivity index (χ4n) is 1.08. The molecule has 0 fully saturated rings. The van der Waals surface area contributed by atoms with Crippen LogP contribution in [0.15, 0.2) is 12.1 Å². The van der Waals surface area contributed by atoms with Gasteiger partial charge in [-0.05, 0) is 18.6 Å². The summed E-state index contributed by atoms with van der Waals surface area (Å²) in [5.41, 5.74) is 6.72. The van der Waals surface area contributed by atoms with Crippen LogP contribution in [0.2, 0.25) is 0 Å². The topological polar surface area (TPSA) is 38.9 Å². The molecule has 1 aromatic carbocycles. The third-order valence-electron chi connectivity index (χ3n) is 1.71. The number of nitrogens with two attached hydrogens (primary N) is 1. The van der Waals surface area contributed by atoms with Gasteiger partial charge in [0.2, 0.25) is 0 Å². The van der Waals surface area contributed by atoms with Crippen molar-refractivity contribution >= 4 is 26.7 Å². The second-order valence-electron chi connectivity index (χ2n) is 2.60. The molecule has 4 heteroatoms. The van der Waals surface area contributed by atoms with Gasteiger partial charge in [0.1, 0.15) is 5.82 Å².